The minimum absolute atomic E-state index is 0.104. The zero-order valence-electron chi connectivity index (χ0n) is 11.8. The van der Waals surface area contributed by atoms with Gasteiger partial charge < -0.3 is 4.52 Å². The van der Waals surface area contributed by atoms with Crippen molar-refractivity contribution in [2.24, 2.45) is 0 Å². The van der Waals surface area contributed by atoms with Crippen molar-refractivity contribution in [3.05, 3.63) is 71.9 Å². The van der Waals surface area contributed by atoms with E-state index in [2.05, 4.69) is 10.1 Å². The molecular weight excluding hydrogens is 338 g/mol. The Hall–Kier alpha value is -1.91. The molecule has 1 aliphatic carbocycles. The normalized spacial score (nSPS) is 22.0. The summed E-state index contributed by atoms with van der Waals surface area (Å²) in [6.07, 6.45) is 0. The van der Waals surface area contributed by atoms with Crippen molar-refractivity contribution in [1.82, 2.24) is 10.1 Å². The van der Waals surface area contributed by atoms with Gasteiger partial charge in [0.1, 0.15) is 10.2 Å². The number of hydrogen-bond acceptors (Lipinski definition) is 3. The molecule has 23 heavy (non-hydrogen) atoms. The van der Waals surface area contributed by atoms with E-state index in [1.165, 1.54) is 12.1 Å². The molecule has 0 N–H and O–H groups in total. The Morgan fingerprint density at radius 2 is 1.78 bits per heavy atom. The lowest BCUT2D eigenvalue weighted by Gasteiger charge is -1.97. The van der Waals surface area contributed by atoms with Crippen molar-refractivity contribution in [3.8, 4) is 11.4 Å². The first-order chi connectivity index (χ1) is 11.1. The fraction of sp³-hybridized carbons (Fsp3) is 0.176. The summed E-state index contributed by atoms with van der Waals surface area (Å²) in [6.45, 7) is 0. The van der Waals surface area contributed by atoms with Gasteiger partial charge in [0, 0.05) is 11.5 Å². The van der Waals surface area contributed by atoms with Crippen LogP contribution in [0.2, 0.25) is 0 Å². The van der Waals surface area contributed by atoms with Crippen molar-refractivity contribution < 1.29 is 8.91 Å². The van der Waals surface area contributed by atoms with Gasteiger partial charge in [0.05, 0.1) is 5.92 Å². The molecule has 1 heterocycles. The van der Waals surface area contributed by atoms with E-state index in [1.807, 2.05) is 30.3 Å². The summed E-state index contributed by atoms with van der Waals surface area (Å²) in [5, 5.41) is 3.91. The van der Waals surface area contributed by atoms with Crippen molar-refractivity contribution in [3.63, 3.8) is 0 Å². The van der Waals surface area contributed by atoms with Crippen LogP contribution < -0.4 is 0 Å². The lowest BCUT2D eigenvalue weighted by atomic mass is 10.1. The number of rotatable bonds is 3. The minimum Gasteiger partial charge on any atom is -0.339 e. The summed E-state index contributed by atoms with van der Waals surface area (Å²) in [5.74, 6) is -0.0483. The number of hydrogen-bond donors (Lipinski definition) is 0. The number of halogens is 3. The summed E-state index contributed by atoms with van der Waals surface area (Å²) in [7, 11) is 0. The van der Waals surface area contributed by atoms with Crippen LogP contribution in [0, 0.1) is 5.82 Å². The van der Waals surface area contributed by atoms with E-state index >= 15 is 0 Å². The highest BCUT2D eigenvalue weighted by molar-refractivity contribution is 6.52. The lowest BCUT2D eigenvalue weighted by Crippen LogP contribution is -1.90. The highest BCUT2D eigenvalue weighted by atomic mass is 35.5. The average molecular weight is 349 g/mol. The van der Waals surface area contributed by atoms with Crippen LogP contribution in [-0.4, -0.2) is 14.5 Å². The highest BCUT2D eigenvalue weighted by Crippen LogP contribution is 2.69. The van der Waals surface area contributed by atoms with E-state index in [9.17, 15) is 4.39 Å². The summed E-state index contributed by atoms with van der Waals surface area (Å²) >= 11 is 12.8. The van der Waals surface area contributed by atoms with Gasteiger partial charge in [-0.15, -0.1) is 23.2 Å². The number of aromatic nitrogens is 2. The van der Waals surface area contributed by atoms with E-state index in [1.54, 1.807) is 12.1 Å². The highest BCUT2D eigenvalue weighted by Gasteiger charge is 2.67. The maximum absolute atomic E-state index is 13.3. The predicted molar refractivity (Wildman–Crippen MR) is 86.1 cm³/mol. The lowest BCUT2D eigenvalue weighted by molar-refractivity contribution is 0.378. The van der Waals surface area contributed by atoms with Crippen LogP contribution in [0.25, 0.3) is 11.4 Å². The molecule has 4 rings (SSSR count). The van der Waals surface area contributed by atoms with Crippen LogP contribution in [0.1, 0.15) is 23.3 Å². The molecule has 1 aromatic heterocycles. The molecule has 0 spiro atoms. The van der Waals surface area contributed by atoms with Crippen LogP contribution in [0.5, 0.6) is 0 Å². The van der Waals surface area contributed by atoms with Crippen LogP contribution in [0.4, 0.5) is 4.39 Å². The zero-order valence-corrected chi connectivity index (χ0v) is 13.3. The first-order valence-corrected chi connectivity index (χ1v) is 7.85. The van der Waals surface area contributed by atoms with E-state index in [0.29, 0.717) is 17.3 Å². The van der Waals surface area contributed by atoms with Crippen LogP contribution in [0.15, 0.2) is 59.1 Å². The molecular formula is C17H11Cl2FN2O. The first-order valence-electron chi connectivity index (χ1n) is 7.09. The fourth-order valence-electron chi connectivity index (χ4n) is 2.82. The number of nitrogens with zero attached hydrogens (tertiary/aromatic N) is 2. The Labute approximate surface area is 142 Å². The summed E-state index contributed by atoms with van der Waals surface area (Å²) in [6, 6.07) is 15.7. The zero-order chi connectivity index (χ0) is 16.0. The molecule has 2 atom stereocenters. The minimum atomic E-state index is -0.979. The van der Waals surface area contributed by atoms with Crippen LogP contribution in [0.3, 0.4) is 0 Å². The second-order valence-electron chi connectivity index (χ2n) is 5.51. The SMILES string of the molecule is Fc1cccc(-c2noc(C3C(c4ccccc4)C3(Cl)Cl)n2)c1. The summed E-state index contributed by atoms with van der Waals surface area (Å²) in [4.78, 5) is 4.34. The molecule has 0 radical (unpaired) electrons. The first kappa shape index (κ1) is 14.7. The van der Waals surface area contributed by atoms with Gasteiger partial charge in [-0.3, -0.25) is 0 Å². The number of alkyl halides is 2. The fourth-order valence-corrected chi connectivity index (χ4v) is 3.63. The van der Waals surface area contributed by atoms with Gasteiger partial charge in [0.15, 0.2) is 0 Å². The monoisotopic (exact) mass is 348 g/mol. The Morgan fingerprint density at radius 1 is 1.00 bits per heavy atom. The maximum Gasteiger partial charge on any atom is 0.233 e. The molecule has 0 bridgehead atoms. The van der Waals surface area contributed by atoms with Gasteiger partial charge >= 0.3 is 0 Å². The van der Waals surface area contributed by atoms with E-state index in [4.69, 9.17) is 27.7 Å². The Balaban J connectivity index is 1.65. The molecule has 0 amide bonds. The quantitative estimate of drug-likeness (QED) is 0.630. The molecule has 116 valence electrons. The largest absolute Gasteiger partial charge is 0.339 e. The van der Waals surface area contributed by atoms with Gasteiger partial charge in [0.2, 0.25) is 11.7 Å². The second-order valence-corrected chi connectivity index (χ2v) is 6.95. The molecule has 0 saturated heterocycles. The molecule has 6 heteroatoms. The van der Waals surface area contributed by atoms with Crippen LogP contribution in [-0.2, 0) is 0 Å². The van der Waals surface area contributed by atoms with E-state index in [-0.39, 0.29) is 17.7 Å². The van der Waals surface area contributed by atoms with Gasteiger partial charge in [-0.25, -0.2) is 4.39 Å². The Kier molecular flexibility index (Phi) is 3.39. The topological polar surface area (TPSA) is 38.9 Å². The van der Waals surface area contributed by atoms with Crippen molar-refractivity contribution in [2.75, 3.05) is 0 Å². The van der Waals surface area contributed by atoms with Crippen molar-refractivity contribution in [1.29, 1.82) is 0 Å². The summed E-state index contributed by atoms with van der Waals surface area (Å²) < 4.78 is 17.6. The standard InChI is InChI=1S/C17H11Cl2FN2O/c18-17(19)13(10-5-2-1-3-6-10)14(17)16-21-15(22-23-16)11-7-4-8-12(20)9-11/h1-9,13-14H. The van der Waals surface area contributed by atoms with Crippen molar-refractivity contribution in [2.45, 2.75) is 16.2 Å². The van der Waals surface area contributed by atoms with Gasteiger partial charge in [0.25, 0.3) is 0 Å². The maximum atomic E-state index is 13.3. The molecule has 1 fully saturated rings. The van der Waals surface area contributed by atoms with Gasteiger partial charge in [-0.05, 0) is 17.7 Å². The second kappa shape index (κ2) is 5.32. The Bertz CT molecular complexity index is 851. The molecule has 1 aliphatic rings. The van der Waals surface area contributed by atoms with Gasteiger partial charge in [-0.2, -0.15) is 4.98 Å². The summed E-state index contributed by atoms with van der Waals surface area (Å²) in [5.41, 5.74) is 1.57. The third-order valence-electron chi connectivity index (χ3n) is 4.00. The third-order valence-corrected chi connectivity index (χ3v) is 4.94. The Morgan fingerprint density at radius 3 is 2.52 bits per heavy atom. The van der Waals surface area contributed by atoms with E-state index in [0.717, 1.165) is 5.56 Å². The molecule has 2 aromatic carbocycles. The number of benzene rings is 2. The molecule has 3 aromatic rings. The van der Waals surface area contributed by atoms with Crippen LogP contribution >= 0.6 is 23.2 Å². The van der Waals surface area contributed by atoms with E-state index < -0.39 is 4.33 Å². The molecule has 1 saturated carbocycles. The molecule has 2 unspecified atom stereocenters. The van der Waals surface area contributed by atoms with Crippen molar-refractivity contribution >= 4 is 23.2 Å². The van der Waals surface area contributed by atoms with Gasteiger partial charge in [-0.1, -0.05) is 47.6 Å². The average Bonchev–Trinajstić information content (AvgIpc) is 2.90. The third kappa shape index (κ3) is 2.52. The molecule has 3 nitrogen and oxygen atoms in total. The smallest absolute Gasteiger partial charge is 0.233 e. The predicted octanol–water partition coefficient (Wildman–Crippen LogP) is 4.93. The molecule has 0 aliphatic heterocycles.